The topological polar surface area (TPSA) is 15.3 Å². The summed E-state index contributed by atoms with van der Waals surface area (Å²) in [7, 11) is 4.10. The summed E-state index contributed by atoms with van der Waals surface area (Å²) in [6, 6.07) is 7.89. The van der Waals surface area contributed by atoms with Crippen LogP contribution in [-0.4, -0.2) is 31.6 Å². The first-order valence-corrected chi connectivity index (χ1v) is 7.25. The Hall–Kier alpha value is -0.930. The van der Waals surface area contributed by atoms with Gasteiger partial charge in [-0.25, -0.2) is 4.39 Å². The average Bonchev–Trinajstić information content (AvgIpc) is 2.30. The molecule has 0 radical (unpaired) electrons. The maximum absolute atomic E-state index is 13.9. The summed E-state index contributed by atoms with van der Waals surface area (Å²) < 4.78 is 13.9. The highest BCUT2D eigenvalue weighted by molar-refractivity contribution is 5.21. The summed E-state index contributed by atoms with van der Waals surface area (Å²) in [5.41, 5.74) is 0.777. The Morgan fingerprint density at radius 2 is 2.05 bits per heavy atom. The molecule has 2 atom stereocenters. The number of benzene rings is 1. The molecule has 0 heterocycles. The maximum Gasteiger partial charge on any atom is 0.127 e. The van der Waals surface area contributed by atoms with Gasteiger partial charge in [-0.15, -0.1) is 0 Å². The van der Waals surface area contributed by atoms with E-state index in [1.165, 1.54) is 19.3 Å². The molecule has 1 aliphatic carbocycles. The number of nitrogens with one attached hydrogen (secondary N) is 1. The predicted molar refractivity (Wildman–Crippen MR) is 77.6 cm³/mol. The minimum atomic E-state index is -0.111. The highest BCUT2D eigenvalue weighted by Crippen LogP contribution is 2.28. The van der Waals surface area contributed by atoms with Crippen LogP contribution in [0.5, 0.6) is 0 Å². The zero-order valence-corrected chi connectivity index (χ0v) is 12.2. The lowest BCUT2D eigenvalue weighted by Gasteiger charge is -2.37. The zero-order chi connectivity index (χ0) is 13.8. The first-order chi connectivity index (χ1) is 9.13. The van der Waals surface area contributed by atoms with E-state index < -0.39 is 0 Å². The van der Waals surface area contributed by atoms with Crippen molar-refractivity contribution in [1.82, 2.24) is 10.2 Å². The predicted octanol–water partition coefficient (Wildman–Crippen LogP) is 3.21. The van der Waals surface area contributed by atoms with Gasteiger partial charge in [0.05, 0.1) is 0 Å². The molecule has 19 heavy (non-hydrogen) atoms. The minimum Gasteiger partial charge on any atom is -0.313 e. The molecule has 0 saturated heterocycles. The molecule has 1 N–H and O–H groups in total. The van der Waals surface area contributed by atoms with Gasteiger partial charge in [0.2, 0.25) is 0 Å². The van der Waals surface area contributed by atoms with Crippen LogP contribution in [0.2, 0.25) is 0 Å². The van der Waals surface area contributed by atoms with Crippen LogP contribution >= 0.6 is 0 Å². The number of rotatable bonds is 6. The Morgan fingerprint density at radius 1 is 1.37 bits per heavy atom. The number of nitrogens with zero attached hydrogens (tertiary/aromatic N) is 1. The zero-order valence-electron chi connectivity index (χ0n) is 12.2. The summed E-state index contributed by atoms with van der Waals surface area (Å²) in [6.07, 6.45) is 3.98. The lowest BCUT2D eigenvalue weighted by atomic mass is 9.89. The van der Waals surface area contributed by atoms with E-state index >= 15 is 0 Å². The number of hydrogen-bond donors (Lipinski definition) is 1. The van der Waals surface area contributed by atoms with Gasteiger partial charge in [0.15, 0.2) is 0 Å². The number of hydrogen-bond acceptors (Lipinski definition) is 2. The second-order valence-electron chi connectivity index (χ2n) is 5.79. The fraction of sp³-hybridized carbons (Fsp3) is 0.625. The van der Waals surface area contributed by atoms with Crippen molar-refractivity contribution in [3.05, 3.63) is 35.6 Å². The molecule has 1 aromatic rings. The first kappa shape index (κ1) is 14.5. The summed E-state index contributed by atoms with van der Waals surface area (Å²) in [6.45, 7) is 3.20. The largest absolute Gasteiger partial charge is 0.313 e. The first-order valence-electron chi connectivity index (χ1n) is 7.25. The van der Waals surface area contributed by atoms with Crippen LogP contribution in [0, 0.1) is 11.7 Å². The summed E-state index contributed by atoms with van der Waals surface area (Å²) in [4.78, 5) is 2.43. The van der Waals surface area contributed by atoms with Crippen molar-refractivity contribution in [1.29, 1.82) is 0 Å². The van der Waals surface area contributed by atoms with E-state index in [-0.39, 0.29) is 11.9 Å². The fourth-order valence-electron chi connectivity index (χ4n) is 3.01. The Labute approximate surface area is 116 Å². The Bertz CT molecular complexity index is 403. The SMILES string of the molecule is CNC(c1ccccc1F)C(C)CN(C)C1CCC1. The lowest BCUT2D eigenvalue weighted by molar-refractivity contribution is 0.131. The van der Waals surface area contributed by atoms with Crippen molar-refractivity contribution < 1.29 is 4.39 Å². The molecule has 0 bridgehead atoms. The summed E-state index contributed by atoms with van der Waals surface area (Å²) in [5, 5.41) is 3.27. The van der Waals surface area contributed by atoms with E-state index in [4.69, 9.17) is 0 Å². The van der Waals surface area contributed by atoms with Gasteiger partial charge >= 0.3 is 0 Å². The van der Waals surface area contributed by atoms with Crippen LogP contribution in [0.1, 0.15) is 37.8 Å². The highest BCUT2D eigenvalue weighted by Gasteiger charge is 2.26. The Kier molecular flexibility index (Phi) is 4.94. The van der Waals surface area contributed by atoms with Crippen molar-refractivity contribution >= 4 is 0 Å². The van der Waals surface area contributed by atoms with Crippen molar-refractivity contribution in [2.24, 2.45) is 5.92 Å². The molecule has 2 rings (SSSR count). The van der Waals surface area contributed by atoms with Gasteiger partial charge in [-0.05, 0) is 38.9 Å². The molecule has 1 aliphatic rings. The van der Waals surface area contributed by atoms with E-state index in [9.17, 15) is 4.39 Å². The van der Waals surface area contributed by atoms with E-state index in [0.717, 1.165) is 18.2 Å². The van der Waals surface area contributed by atoms with E-state index in [0.29, 0.717) is 5.92 Å². The van der Waals surface area contributed by atoms with Gasteiger partial charge in [-0.2, -0.15) is 0 Å². The van der Waals surface area contributed by atoms with Crippen LogP contribution in [0.3, 0.4) is 0 Å². The molecule has 0 aliphatic heterocycles. The molecule has 1 aromatic carbocycles. The molecule has 2 nitrogen and oxygen atoms in total. The second-order valence-corrected chi connectivity index (χ2v) is 5.79. The van der Waals surface area contributed by atoms with Gasteiger partial charge in [0, 0.05) is 24.2 Å². The normalized spacial score (nSPS) is 19.2. The summed E-state index contributed by atoms with van der Waals surface area (Å²) >= 11 is 0. The van der Waals surface area contributed by atoms with Crippen LogP contribution in [0.25, 0.3) is 0 Å². The third kappa shape index (κ3) is 3.34. The summed E-state index contributed by atoms with van der Waals surface area (Å²) in [5.74, 6) is 0.271. The van der Waals surface area contributed by atoms with Gasteiger partial charge in [-0.3, -0.25) is 0 Å². The van der Waals surface area contributed by atoms with E-state index in [1.54, 1.807) is 12.1 Å². The van der Waals surface area contributed by atoms with Crippen LogP contribution in [0.15, 0.2) is 24.3 Å². The highest BCUT2D eigenvalue weighted by atomic mass is 19.1. The molecule has 0 aromatic heterocycles. The number of halogens is 1. The van der Waals surface area contributed by atoms with Crippen LogP contribution in [0.4, 0.5) is 4.39 Å². The van der Waals surface area contributed by atoms with Crippen LogP contribution < -0.4 is 5.32 Å². The molecule has 106 valence electrons. The van der Waals surface area contributed by atoms with E-state index in [1.807, 2.05) is 19.2 Å². The van der Waals surface area contributed by atoms with Gasteiger partial charge < -0.3 is 10.2 Å². The smallest absolute Gasteiger partial charge is 0.127 e. The molecular formula is C16H25FN2. The average molecular weight is 264 g/mol. The Balaban J connectivity index is 2.02. The standard InChI is InChI=1S/C16H25FN2/c1-12(11-19(3)13-7-6-8-13)16(18-2)14-9-4-5-10-15(14)17/h4-5,9-10,12-13,16,18H,6-8,11H2,1-3H3. The molecule has 0 spiro atoms. The quantitative estimate of drug-likeness (QED) is 0.849. The van der Waals surface area contributed by atoms with Gasteiger partial charge in [0.25, 0.3) is 0 Å². The minimum absolute atomic E-state index is 0.0729. The van der Waals surface area contributed by atoms with Crippen molar-refractivity contribution in [3.8, 4) is 0 Å². The van der Waals surface area contributed by atoms with E-state index in [2.05, 4.69) is 24.2 Å². The maximum atomic E-state index is 13.9. The molecular weight excluding hydrogens is 239 g/mol. The van der Waals surface area contributed by atoms with Crippen molar-refractivity contribution in [2.75, 3.05) is 20.6 Å². The Morgan fingerprint density at radius 3 is 2.58 bits per heavy atom. The van der Waals surface area contributed by atoms with Gasteiger partial charge in [0.1, 0.15) is 5.82 Å². The monoisotopic (exact) mass is 264 g/mol. The lowest BCUT2D eigenvalue weighted by Crippen LogP contribution is -2.42. The van der Waals surface area contributed by atoms with Gasteiger partial charge in [-0.1, -0.05) is 31.5 Å². The third-order valence-electron chi connectivity index (χ3n) is 4.39. The van der Waals surface area contributed by atoms with Crippen LogP contribution in [-0.2, 0) is 0 Å². The second kappa shape index (κ2) is 6.49. The molecule has 2 unspecified atom stereocenters. The molecule has 0 amide bonds. The molecule has 1 fully saturated rings. The van der Waals surface area contributed by atoms with Crippen molar-refractivity contribution in [3.63, 3.8) is 0 Å². The third-order valence-corrected chi connectivity index (χ3v) is 4.39. The fourth-order valence-corrected chi connectivity index (χ4v) is 3.01. The molecule has 3 heteroatoms. The van der Waals surface area contributed by atoms with Crippen molar-refractivity contribution in [2.45, 2.75) is 38.3 Å². The molecule has 1 saturated carbocycles.